The molecule has 4 aromatic rings. The lowest BCUT2D eigenvalue weighted by Crippen LogP contribution is -2.42. The highest BCUT2D eigenvalue weighted by atomic mass is 35.5. The van der Waals surface area contributed by atoms with E-state index in [9.17, 15) is 34.4 Å². The zero-order valence-corrected chi connectivity index (χ0v) is 27.1. The SMILES string of the molecule is O=C(COc1ccc(Cl)cc1[C@H]1c2sc(=O)[nH]c2SC2C3CC(C4C(=O)N(c5ccc([N+](=O)[O-])cc5)C(=O)C34)C21)Nc1ccc(O)cc1. The van der Waals surface area contributed by atoms with E-state index in [2.05, 4.69) is 10.3 Å². The minimum absolute atomic E-state index is 0.0695. The number of ether oxygens (including phenoxy) is 1. The van der Waals surface area contributed by atoms with Crippen LogP contribution < -0.4 is 19.8 Å². The van der Waals surface area contributed by atoms with Crippen LogP contribution in [0.4, 0.5) is 17.1 Å². The van der Waals surface area contributed by atoms with Crippen LogP contribution in [0.25, 0.3) is 0 Å². The summed E-state index contributed by atoms with van der Waals surface area (Å²) >= 11 is 9.18. The molecular weight excluding hydrogens is 680 g/mol. The Labute approximate surface area is 285 Å². The number of thioether (sulfide) groups is 1. The van der Waals surface area contributed by atoms with E-state index < -0.39 is 28.6 Å². The number of carbonyl (C=O) groups excluding carboxylic acids is 3. The molecule has 2 aliphatic carbocycles. The summed E-state index contributed by atoms with van der Waals surface area (Å²) < 4.78 is 6.09. The van der Waals surface area contributed by atoms with Crippen LogP contribution in [-0.4, -0.2) is 44.6 Å². The number of nitrogens with zero attached hydrogens (tertiary/aromatic N) is 2. The molecule has 4 aliphatic rings. The number of phenols is 1. The van der Waals surface area contributed by atoms with E-state index in [-0.39, 0.29) is 57.7 Å². The number of nitrogens with one attached hydrogen (secondary N) is 2. The average molecular weight is 705 g/mol. The van der Waals surface area contributed by atoms with Gasteiger partial charge in [0.15, 0.2) is 6.61 Å². The molecule has 244 valence electrons. The van der Waals surface area contributed by atoms with Gasteiger partial charge in [-0.3, -0.25) is 34.2 Å². The maximum absolute atomic E-state index is 14.0. The number of halogens is 1. The van der Waals surface area contributed by atoms with Crippen molar-refractivity contribution in [2.24, 2.45) is 29.6 Å². The number of imide groups is 1. The van der Waals surface area contributed by atoms with E-state index >= 15 is 0 Å². The fraction of sp³-hybridized carbons (Fsp3) is 0.273. The van der Waals surface area contributed by atoms with E-state index in [0.717, 1.165) is 16.2 Å². The summed E-state index contributed by atoms with van der Waals surface area (Å²) in [5.41, 5.74) is 1.33. The molecule has 1 aromatic heterocycles. The normalized spacial score (nSPS) is 26.6. The first-order chi connectivity index (χ1) is 23.1. The Morgan fingerprint density at radius 3 is 2.46 bits per heavy atom. The number of nitro benzene ring substituents is 1. The summed E-state index contributed by atoms with van der Waals surface area (Å²) in [4.78, 5) is 68.9. The molecule has 12 nitrogen and oxygen atoms in total. The van der Waals surface area contributed by atoms with Crippen LogP contribution in [0, 0.1) is 39.7 Å². The zero-order chi connectivity index (χ0) is 33.4. The quantitative estimate of drug-likeness (QED) is 0.0986. The van der Waals surface area contributed by atoms with E-state index in [1.807, 2.05) is 0 Å². The van der Waals surface area contributed by atoms with Crippen LogP contribution in [0.1, 0.15) is 22.8 Å². The van der Waals surface area contributed by atoms with Crippen LogP contribution in [0.2, 0.25) is 5.02 Å². The molecule has 3 aromatic carbocycles. The topological polar surface area (TPSA) is 172 Å². The van der Waals surface area contributed by atoms with Crippen molar-refractivity contribution in [2.75, 3.05) is 16.8 Å². The van der Waals surface area contributed by atoms with Gasteiger partial charge in [0.05, 0.1) is 27.5 Å². The minimum Gasteiger partial charge on any atom is -0.508 e. The number of amides is 3. The lowest BCUT2D eigenvalue weighted by atomic mass is 9.68. The van der Waals surface area contributed by atoms with Gasteiger partial charge in [0.2, 0.25) is 11.8 Å². The molecule has 3 fully saturated rings. The van der Waals surface area contributed by atoms with Gasteiger partial charge in [0, 0.05) is 44.5 Å². The first kappa shape index (κ1) is 30.7. The highest BCUT2D eigenvalue weighted by Crippen LogP contribution is 2.69. The van der Waals surface area contributed by atoms with Gasteiger partial charge in [-0.15, -0.1) is 11.8 Å². The van der Waals surface area contributed by atoms with Crippen LogP contribution in [0.15, 0.2) is 76.6 Å². The predicted octanol–water partition coefficient (Wildman–Crippen LogP) is 5.40. The number of non-ortho nitro benzene ring substituents is 1. The Kier molecular flexibility index (Phi) is 7.34. The number of fused-ring (bicyclic) bond motifs is 9. The molecule has 0 radical (unpaired) electrons. The monoisotopic (exact) mass is 704 g/mol. The first-order valence-electron chi connectivity index (χ1n) is 15.1. The molecule has 48 heavy (non-hydrogen) atoms. The summed E-state index contributed by atoms with van der Waals surface area (Å²) in [6.07, 6.45) is 0.657. The number of aromatic nitrogens is 1. The third-order valence-corrected chi connectivity index (χ3v) is 12.7. The Balaban J connectivity index is 1.13. The molecule has 0 spiro atoms. The molecule has 3 heterocycles. The van der Waals surface area contributed by atoms with Gasteiger partial charge >= 0.3 is 4.87 Å². The molecule has 2 bridgehead atoms. The van der Waals surface area contributed by atoms with Crippen molar-refractivity contribution in [2.45, 2.75) is 22.6 Å². The van der Waals surface area contributed by atoms with Gasteiger partial charge in [0.25, 0.3) is 11.6 Å². The number of thiazole rings is 1. The number of hydrogen-bond donors (Lipinski definition) is 3. The van der Waals surface area contributed by atoms with Crippen LogP contribution in [-0.2, 0) is 14.4 Å². The minimum atomic E-state index is -0.584. The number of benzene rings is 3. The second-order valence-electron chi connectivity index (χ2n) is 12.3. The van der Waals surface area contributed by atoms with Crippen molar-refractivity contribution < 1.29 is 29.2 Å². The van der Waals surface area contributed by atoms with Gasteiger partial charge in [-0.1, -0.05) is 22.9 Å². The van der Waals surface area contributed by atoms with Gasteiger partial charge in [0.1, 0.15) is 11.5 Å². The third kappa shape index (κ3) is 4.89. The zero-order valence-electron chi connectivity index (χ0n) is 24.7. The summed E-state index contributed by atoms with van der Waals surface area (Å²) in [6, 6.07) is 16.6. The molecule has 2 saturated carbocycles. The number of anilines is 2. The molecule has 6 unspecified atom stereocenters. The maximum Gasteiger partial charge on any atom is 0.305 e. The number of aromatic amines is 1. The molecular formula is C33H25ClN4O8S2. The number of nitro groups is 1. The van der Waals surface area contributed by atoms with Crippen molar-refractivity contribution in [3.63, 3.8) is 0 Å². The Bertz CT molecular complexity index is 2070. The Morgan fingerprint density at radius 1 is 1.04 bits per heavy atom. The first-order valence-corrected chi connectivity index (χ1v) is 17.2. The van der Waals surface area contributed by atoms with E-state index in [1.165, 1.54) is 53.1 Å². The van der Waals surface area contributed by atoms with Crippen LogP contribution in [0.5, 0.6) is 11.5 Å². The number of carbonyl (C=O) groups is 3. The number of aromatic hydroxyl groups is 1. The van der Waals surface area contributed by atoms with E-state index in [0.29, 0.717) is 39.2 Å². The fourth-order valence-corrected chi connectivity index (χ4v) is 11.2. The van der Waals surface area contributed by atoms with Crippen LogP contribution in [0.3, 0.4) is 0 Å². The van der Waals surface area contributed by atoms with Gasteiger partial charge in [-0.2, -0.15) is 0 Å². The molecule has 7 atom stereocenters. The van der Waals surface area contributed by atoms with Crippen molar-refractivity contribution in [1.29, 1.82) is 0 Å². The highest BCUT2D eigenvalue weighted by molar-refractivity contribution is 8.00. The second kappa shape index (κ2) is 11.5. The summed E-state index contributed by atoms with van der Waals surface area (Å²) in [6.45, 7) is -0.324. The van der Waals surface area contributed by atoms with E-state index in [4.69, 9.17) is 16.3 Å². The number of hydrogen-bond acceptors (Lipinski definition) is 10. The fourth-order valence-electron chi connectivity index (χ4n) is 8.12. The van der Waals surface area contributed by atoms with Gasteiger partial charge in [-0.25, -0.2) is 0 Å². The standard InChI is InChI=1S/C33H25ClN4O8S2/c34-14-1-10-22(46-13-23(40)35-15-2-8-18(39)9-3-15)19(11-14)24-25-20-12-21(28(25)47-30-29(24)48-33(43)36-30)27-26(20)31(41)37(32(27)42)16-4-6-17(7-5-16)38(44)45/h1-11,20-21,24-28,39H,12-13H2,(H,35,40)(H,36,43)/t20?,21?,24-,25?,26?,27?,28?/m1/s1. The van der Waals surface area contributed by atoms with Crippen LogP contribution >= 0.6 is 34.7 Å². The Morgan fingerprint density at radius 2 is 1.75 bits per heavy atom. The molecule has 1 saturated heterocycles. The second-order valence-corrected chi connectivity index (χ2v) is 15.0. The predicted molar refractivity (Wildman–Crippen MR) is 178 cm³/mol. The average Bonchev–Trinajstić information content (AvgIpc) is 3.80. The van der Waals surface area contributed by atoms with E-state index in [1.54, 1.807) is 30.3 Å². The summed E-state index contributed by atoms with van der Waals surface area (Å²) in [5, 5.41) is 24.5. The molecule has 3 amide bonds. The third-order valence-electron chi connectivity index (χ3n) is 9.86. The smallest absolute Gasteiger partial charge is 0.305 e. The number of rotatable bonds is 7. The van der Waals surface area contributed by atoms with Crippen molar-refractivity contribution in [3.05, 3.63) is 102 Å². The molecule has 2 aliphatic heterocycles. The molecule has 3 N–H and O–H groups in total. The van der Waals surface area contributed by atoms with Crippen molar-refractivity contribution >= 4 is 69.5 Å². The Hall–Kier alpha value is -4.66. The highest BCUT2D eigenvalue weighted by Gasteiger charge is 2.70. The largest absolute Gasteiger partial charge is 0.508 e. The van der Waals surface area contributed by atoms with Gasteiger partial charge < -0.3 is 20.1 Å². The lowest BCUT2D eigenvalue weighted by molar-refractivity contribution is -0.384. The maximum atomic E-state index is 14.0. The summed E-state index contributed by atoms with van der Waals surface area (Å²) in [7, 11) is 0. The molecule has 8 rings (SSSR count). The van der Waals surface area contributed by atoms with Crippen molar-refractivity contribution in [3.8, 4) is 11.5 Å². The van der Waals surface area contributed by atoms with Gasteiger partial charge in [-0.05, 0) is 78.8 Å². The van der Waals surface area contributed by atoms with Crippen molar-refractivity contribution in [1.82, 2.24) is 4.98 Å². The number of phenolic OH excluding ortho intramolecular Hbond substituents is 1. The number of H-pyrrole nitrogens is 1. The lowest BCUT2D eigenvalue weighted by Gasteiger charge is -2.43. The summed E-state index contributed by atoms with van der Waals surface area (Å²) in [5.74, 6) is -2.61. The molecule has 15 heteroatoms.